The maximum atomic E-state index is 12.7. The molecule has 0 aliphatic rings. The van der Waals surface area contributed by atoms with Gasteiger partial charge in [-0.2, -0.15) is 0 Å². The number of nitrogens with zero attached hydrogens (tertiary/aromatic N) is 2. The smallest absolute Gasteiger partial charge is 0.257 e. The number of pyridine rings is 1. The van der Waals surface area contributed by atoms with Gasteiger partial charge >= 0.3 is 0 Å². The molecule has 0 unspecified atom stereocenters. The summed E-state index contributed by atoms with van der Waals surface area (Å²) in [7, 11) is 0. The molecule has 2 aromatic carbocycles. The number of fused-ring (bicyclic) bond motifs is 1. The largest absolute Gasteiger partial charge is 0.322 e. The molecule has 140 valence electrons. The topological polar surface area (TPSA) is 46.4 Å². The number of aryl methyl sites for hydroxylation is 2. The van der Waals surface area contributed by atoms with Gasteiger partial charge in [0.25, 0.3) is 5.91 Å². The number of halogens is 2. The van der Waals surface area contributed by atoms with Gasteiger partial charge < -0.3 is 9.72 Å². The number of carbonyl (C=O) groups is 1. The molecule has 28 heavy (non-hydrogen) atoms. The Morgan fingerprint density at radius 1 is 1.04 bits per heavy atom. The lowest BCUT2D eigenvalue weighted by Gasteiger charge is -2.11. The van der Waals surface area contributed by atoms with Gasteiger partial charge in [0.05, 0.1) is 16.3 Å². The van der Waals surface area contributed by atoms with Crippen LogP contribution in [0.25, 0.3) is 16.9 Å². The normalized spacial score (nSPS) is 11.0. The number of hydrogen-bond donors (Lipinski definition) is 1. The van der Waals surface area contributed by atoms with Crippen LogP contribution in [0.4, 0.5) is 5.69 Å². The summed E-state index contributed by atoms with van der Waals surface area (Å²) in [6.45, 7) is 3.97. The summed E-state index contributed by atoms with van der Waals surface area (Å²) in [4.78, 5) is 17.4. The first-order chi connectivity index (χ1) is 13.4. The van der Waals surface area contributed by atoms with Gasteiger partial charge in [-0.1, -0.05) is 41.4 Å². The van der Waals surface area contributed by atoms with Crippen molar-refractivity contribution >= 4 is 40.4 Å². The number of imidazole rings is 1. The quantitative estimate of drug-likeness (QED) is 0.439. The predicted octanol–water partition coefficient (Wildman–Crippen LogP) is 6.18. The second-order valence-electron chi connectivity index (χ2n) is 6.66. The van der Waals surface area contributed by atoms with Crippen molar-refractivity contribution < 1.29 is 4.79 Å². The van der Waals surface area contributed by atoms with Crippen LogP contribution in [-0.2, 0) is 0 Å². The average Bonchev–Trinajstić information content (AvgIpc) is 3.09. The summed E-state index contributed by atoms with van der Waals surface area (Å²) in [6, 6.07) is 14.7. The SMILES string of the molecule is Cc1ccc(-c2cn3cccc(C)c3n2)cc1NC(=O)c1ccc(Cl)cc1Cl. The Morgan fingerprint density at radius 2 is 1.86 bits per heavy atom. The van der Waals surface area contributed by atoms with Gasteiger partial charge in [0.15, 0.2) is 0 Å². The second kappa shape index (κ2) is 7.30. The summed E-state index contributed by atoms with van der Waals surface area (Å²) in [5, 5.41) is 3.74. The van der Waals surface area contributed by atoms with E-state index in [2.05, 4.69) is 5.32 Å². The van der Waals surface area contributed by atoms with Crippen LogP contribution in [0.3, 0.4) is 0 Å². The monoisotopic (exact) mass is 409 g/mol. The van der Waals surface area contributed by atoms with Crippen molar-refractivity contribution in [1.82, 2.24) is 9.38 Å². The van der Waals surface area contributed by atoms with Crippen molar-refractivity contribution in [2.75, 3.05) is 5.32 Å². The van der Waals surface area contributed by atoms with E-state index in [1.807, 2.05) is 61.0 Å². The molecule has 0 radical (unpaired) electrons. The van der Waals surface area contributed by atoms with E-state index in [1.165, 1.54) is 0 Å². The van der Waals surface area contributed by atoms with Gasteiger partial charge in [-0.05, 0) is 55.3 Å². The van der Waals surface area contributed by atoms with Crippen molar-refractivity contribution in [3.63, 3.8) is 0 Å². The van der Waals surface area contributed by atoms with E-state index >= 15 is 0 Å². The van der Waals surface area contributed by atoms with Crippen LogP contribution < -0.4 is 5.32 Å². The third kappa shape index (κ3) is 3.49. The fraction of sp³-hybridized carbons (Fsp3) is 0.0909. The van der Waals surface area contributed by atoms with Crippen LogP contribution in [-0.4, -0.2) is 15.3 Å². The van der Waals surface area contributed by atoms with Crippen molar-refractivity contribution in [2.45, 2.75) is 13.8 Å². The Bertz CT molecular complexity index is 1210. The molecule has 1 amide bonds. The number of hydrogen-bond acceptors (Lipinski definition) is 2. The number of amides is 1. The van der Waals surface area contributed by atoms with Gasteiger partial charge in [-0.25, -0.2) is 4.98 Å². The van der Waals surface area contributed by atoms with E-state index in [0.717, 1.165) is 28.0 Å². The molecule has 0 aliphatic carbocycles. The Balaban J connectivity index is 1.68. The molecular weight excluding hydrogens is 393 g/mol. The standard InChI is InChI=1S/C22H17Cl2N3O/c1-13-5-6-15(20-12-27-9-3-4-14(2)21(27)25-20)10-19(13)26-22(28)17-8-7-16(23)11-18(17)24/h3-12H,1-2H3,(H,26,28). The summed E-state index contributed by atoms with van der Waals surface area (Å²) in [5.41, 5.74) is 5.81. The lowest BCUT2D eigenvalue weighted by Crippen LogP contribution is -2.13. The molecule has 0 saturated heterocycles. The fourth-order valence-electron chi connectivity index (χ4n) is 3.07. The summed E-state index contributed by atoms with van der Waals surface area (Å²) < 4.78 is 2.00. The summed E-state index contributed by atoms with van der Waals surface area (Å²) >= 11 is 12.1. The Morgan fingerprint density at radius 3 is 2.61 bits per heavy atom. The molecule has 2 heterocycles. The van der Waals surface area contributed by atoms with Crippen molar-refractivity contribution in [1.29, 1.82) is 0 Å². The van der Waals surface area contributed by atoms with Crippen LogP contribution in [0.15, 0.2) is 60.9 Å². The van der Waals surface area contributed by atoms with Gasteiger partial charge in [0, 0.05) is 28.7 Å². The predicted molar refractivity (Wildman–Crippen MR) is 115 cm³/mol. The number of carbonyl (C=O) groups excluding carboxylic acids is 1. The third-order valence-electron chi connectivity index (χ3n) is 4.64. The molecule has 0 atom stereocenters. The summed E-state index contributed by atoms with van der Waals surface area (Å²) in [5.74, 6) is -0.284. The molecule has 6 heteroatoms. The highest BCUT2D eigenvalue weighted by molar-refractivity contribution is 6.37. The zero-order valence-corrected chi connectivity index (χ0v) is 16.8. The van der Waals surface area contributed by atoms with E-state index in [1.54, 1.807) is 18.2 Å². The number of rotatable bonds is 3. The average molecular weight is 410 g/mol. The Kier molecular flexibility index (Phi) is 4.84. The van der Waals surface area contributed by atoms with Gasteiger partial charge in [0.1, 0.15) is 5.65 Å². The molecule has 0 spiro atoms. The minimum absolute atomic E-state index is 0.284. The third-order valence-corrected chi connectivity index (χ3v) is 5.18. The number of nitrogens with one attached hydrogen (secondary N) is 1. The first kappa shape index (κ1) is 18.5. The highest BCUT2D eigenvalue weighted by atomic mass is 35.5. The summed E-state index contributed by atoms with van der Waals surface area (Å²) in [6.07, 6.45) is 3.95. The van der Waals surface area contributed by atoms with E-state index in [0.29, 0.717) is 21.3 Å². The van der Waals surface area contributed by atoms with Crippen molar-refractivity contribution in [2.24, 2.45) is 0 Å². The lowest BCUT2D eigenvalue weighted by molar-refractivity contribution is 0.102. The molecule has 0 fully saturated rings. The number of aromatic nitrogens is 2. The van der Waals surface area contributed by atoms with Crippen LogP contribution in [0.2, 0.25) is 10.0 Å². The maximum Gasteiger partial charge on any atom is 0.257 e. The van der Waals surface area contributed by atoms with E-state index < -0.39 is 0 Å². The minimum atomic E-state index is -0.284. The van der Waals surface area contributed by atoms with Crippen molar-refractivity contribution in [3.8, 4) is 11.3 Å². The zero-order valence-electron chi connectivity index (χ0n) is 15.3. The van der Waals surface area contributed by atoms with E-state index in [-0.39, 0.29) is 5.91 Å². The molecule has 4 rings (SSSR count). The van der Waals surface area contributed by atoms with Crippen LogP contribution in [0, 0.1) is 13.8 Å². The maximum absolute atomic E-state index is 12.7. The molecule has 4 nitrogen and oxygen atoms in total. The Labute approximate surface area is 172 Å². The fourth-order valence-corrected chi connectivity index (χ4v) is 3.57. The van der Waals surface area contributed by atoms with E-state index in [4.69, 9.17) is 28.2 Å². The van der Waals surface area contributed by atoms with Gasteiger partial charge in [0.2, 0.25) is 0 Å². The first-order valence-corrected chi connectivity index (χ1v) is 9.50. The number of anilines is 1. The molecular formula is C22H17Cl2N3O. The molecule has 0 bridgehead atoms. The van der Waals surface area contributed by atoms with Crippen LogP contribution in [0.5, 0.6) is 0 Å². The first-order valence-electron chi connectivity index (χ1n) is 8.74. The molecule has 1 N–H and O–H groups in total. The van der Waals surface area contributed by atoms with Crippen LogP contribution >= 0.6 is 23.2 Å². The second-order valence-corrected chi connectivity index (χ2v) is 7.50. The molecule has 4 aromatic rings. The Hall–Kier alpha value is -2.82. The highest BCUT2D eigenvalue weighted by Crippen LogP contribution is 2.27. The molecule has 0 saturated carbocycles. The van der Waals surface area contributed by atoms with Gasteiger partial charge in [-0.3, -0.25) is 4.79 Å². The zero-order chi connectivity index (χ0) is 19.8. The minimum Gasteiger partial charge on any atom is -0.322 e. The van der Waals surface area contributed by atoms with Crippen LogP contribution in [0.1, 0.15) is 21.5 Å². The van der Waals surface area contributed by atoms with Gasteiger partial charge in [-0.15, -0.1) is 0 Å². The number of benzene rings is 2. The molecule has 0 aliphatic heterocycles. The van der Waals surface area contributed by atoms with Crippen molar-refractivity contribution in [3.05, 3.63) is 87.7 Å². The molecule has 2 aromatic heterocycles. The van der Waals surface area contributed by atoms with E-state index in [9.17, 15) is 4.79 Å². The highest BCUT2D eigenvalue weighted by Gasteiger charge is 2.14. The lowest BCUT2D eigenvalue weighted by atomic mass is 10.1.